The van der Waals surface area contributed by atoms with Crippen LogP contribution in [0.1, 0.15) is 32.1 Å². The largest absolute Gasteiger partial charge is 0.469 e. The first-order valence-corrected chi connectivity index (χ1v) is 5.65. The number of hydrogen-bond acceptors (Lipinski definition) is 3. The van der Waals surface area contributed by atoms with Crippen LogP contribution in [0.15, 0.2) is 0 Å². The van der Waals surface area contributed by atoms with Gasteiger partial charge in [0.15, 0.2) is 0 Å². The molecule has 0 radical (unpaired) electrons. The maximum absolute atomic E-state index is 12.7. The summed E-state index contributed by atoms with van der Waals surface area (Å²) in [5, 5.41) is 2.88. The molecule has 1 rings (SSSR count). The summed E-state index contributed by atoms with van der Waals surface area (Å²) < 4.78 is 42.6. The van der Waals surface area contributed by atoms with Crippen LogP contribution < -0.4 is 5.32 Å². The van der Waals surface area contributed by atoms with Gasteiger partial charge >= 0.3 is 12.1 Å². The summed E-state index contributed by atoms with van der Waals surface area (Å²) in [6.45, 7) is 0. The van der Waals surface area contributed by atoms with Gasteiger partial charge in [0.25, 0.3) is 0 Å². The van der Waals surface area contributed by atoms with Crippen molar-refractivity contribution in [2.75, 3.05) is 14.2 Å². The molecule has 1 aliphatic carbocycles. The first-order valence-electron chi connectivity index (χ1n) is 5.65. The minimum atomic E-state index is -4.18. The molecule has 0 aromatic rings. The van der Waals surface area contributed by atoms with Gasteiger partial charge in [-0.3, -0.25) is 4.79 Å². The summed E-state index contributed by atoms with van der Waals surface area (Å²) in [5.74, 6) is -1.80. The van der Waals surface area contributed by atoms with E-state index >= 15 is 0 Å². The molecule has 1 aliphatic rings. The van der Waals surface area contributed by atoms with Gasteiger partial charge in [-0.15, -0.1) is 0 Å². The molecular formula is C11H18F3NO2. The molecule has 0 aromatic heterocycles. The predicted molar refractivity (Wildman–Crippen MR) is 56.4 cm³/mol. The second kappa shape index (κ2) is 5.25. The van der Waals surface area contributed by atoms with E-state index in [0.29, 0.717) is 12.8 Å². The lowest BCUT2D eigenvalue weighted by molar-refractivity contribution is -0.189. The third kappa shape index (κ3) is 3.59. The Morgan fingerprint density at radius 2 is 2.18 bits per heavy atom. The van der Waals surface area contributed by atoms with Gasteiger partial charge in [0, 0.05) is 5.54 Å². The lowest BCUT2D eigenvalue weighted by Gasteiger charge is -2.40. The average Bonchev–Trinajstić information content (AvgIpc) is 2.28. The van der Waals surface area contributed by atoms with Crippen LogP contribution in [0.2, 0.25) is 0 Å². The van der Waals surface area contributed by atoms with Crippen molar-refractivity contribution in [2.24, 2.45) is 5.92 Å². The minimum Gasteiger partial charge on any atom is -0.469 e. The molecule has 0 aliphatic heterocycles. The molecule has 2 atom stereocenters. The van der Waals surface area contributed by atoms with Crippen molar-refractivity contribution in [3.8, 4) is 0 Å². The molecule has 17 heavy (non-hydrogen) atoms. The van der Waals surface area contributed by atoms with Crippen LogP contribution in [0, 0.1) is 5.92 Å². The molecule has 3 nitrogen and oxygen atoms in total. The highest BCUT2D eigenvalue weighted by Crippen LogP contribution is 2.42. The summed E-state index contributed by atoms with van der Waals surface area (Å²) in [6.07, 6.45) is -3.05. The number of alkyl halides is 3. The van der Waals surface area contributed by atoms with Crippen LogP contribution in [-0.4, -0.2) is 31.8 Å². The van der Waals surface area contributed by atoms with Gasteiger partial charge in [0.05, 0.1) is 19.4 Å². The standard InChI is InChI=1S/C11H18F3NO2/c1-15-10(7-9(16)17-2)5-3-4-8(6-10)11(12,13)14/h8,15H,3-7H2,1-2H3. The van der Waals surface area contributed by atoms with Crippen LogP contribution in [0.3, 0.4) is 0 Å². The molecule has 1 saturated carbocycles. The predicted octanol–water partition coefficient (Wildman–Crippen LogP) is 2.26. The van der Waals surface area contributed by atoms with E-state index in [0.717, 1.165) is 0 Å². The van der Waals surface area contributed by atoms with Gasteiger partial charge in [-0.2, -0.15) is 13.2 Å². The summed E-state index contributed by atoms with van der Waals surface area (Å²) in [5.41, 5.74) is -0.772. The van der Waals surface area contributed by atoms with Crippen LogP contribution in [0.25, 0.3) is 0 Å². The first kappa shape index (κ1) is 14.3. The van der Waals surface area contributed by atoms with E-state index in [1.165, 1.54) is 7.11 Å². The van der Waals surface area contributed by atoms with E-state index in [9.17, 15) is 18.0 Å². The lowest BCUT2D eigenvalue weighted by Crippen LogP contribution is -2.50. The van der Waals surface area contributed by atoms with E-state index in [-0.39, 0.29) is 19.3 Å². The topological polar surface area (TPSA) is 38.3 Å². The zero-order valence-corrected chi connectivity index (χ0v) is 10.1. The Hall–Kier alpha value is -0.780. The van der Waals surface area contributed by atoms with E-state index in [1.807, 2.05) is 0 Å². The van der Waals surface area contributed by atoms with Crippen LogP contribution in [-0.2, 0) is 9.53 Å². The number of nitrogens with one attached hydrogen (secondary N) is 1. The fourth-order valence-electron chi connectivity index (χ4n) is 2.47. The Kier molecular flexibility index (Phi) is 4.41. The van der Waals surface area contributed by atoms with Gasteiger partial charge < -0.3 is 10.1 Å². The van der Waals surface area contributed by atoms with Gasteiger partial charge in [0.1, 0.15) is 0 Å². The highest BCUT2D eigenvalue weighted by molar-refractivity contribution is 5.70. The second-order valence-corrected chi connectivity index (χ2v) is 4.62. The summed E-state index contributed by atoms with van der Waals surface area (Å²) in [7, 11) is 2.84. The van der Waals surface area contributed by atoms with Crippen molar-refractivity contribution >= 4 is 5.97 Å². The molecule has 1 N–H and O–H groups in total. The third-order valence-electron chi connectivity index (χ3n) is 3.55. The van der Waals surface area contributed by atoms with Crippen molar-refractivity contribution in [3.05, 3.63) is 0 Å². The molecular weight excluding hydrogens is 235 g/mol. The number of ether oxygens (including phenoxy) is 1. The van der Waals surface area contributed by atoms with Crippen molar-refractivity contribution < 1.29 is 22.7 Å². The summed E-state index contributed by atoms with van der Waals surface area (Å²) in [4.78, 5) is 11.3. The Labute approximate surface area is 98.7 Å². The van der Waals surface area contributed by atoms with E-state index in [2.05, 4.69) is 10.1 Å². The maximum Gasteiger partial charge on any atom is 0.391 e. The van der Waals surface area contributed by atoms with Gasteiger partial charge in [-0.25, -0.2) is 0 Å². The molecule has 0 amide bonds. The zero-order chi connectivity index (χ0) is 13.1. The molecule has 0 aromatic carbocycles. The molecule has 0 saturated heterocycles. The number of hydrogen-bond donors (Lipinski definition) is 1. The fourth-order valence-corrected chi connectivity index (χ4v) is 2.47. The van der Waals surface area contributed by atoms with E-state index in [4.69, 9.17) is 0 Å². The van der Waals surface area contributed by atoms with Gasteiger partial charge in [-0.1, -0.05) is 6.42 Å². The van der Waals surface area contributed by atoms with Gasteiger partial charge in [0.2, 0.25) is 0 Å². The number of rotatable bonds is 3. The Balaban J connectivity index is 2.75. The molecule has 0 spiro atoms. The van der Waals surface area contributed by atoms with Crippen molar-refractivity contribution in [1.29, 1.82) is 0 Å². The number of carbonyl (C=O) groups is 1. The van der Waals surface area contributed by atoms with Crippen LogP contribution in [0.5, 0.6) is 0 Å². The number of carbonyl (C=O) groups excluding carboxylic acids is 1. The Morgan fingerprint density at radius 1 is 1.53 bits per heavy atom. The number of halogens is 3. The smallest absolute Gasteiger partial charge is 0.391 e. The van der Waals surface area contributed by atoms with Crippen molar-refractivity contribution in [1.82, 2.24) is 5.32 Å². The molecule has 0 heterocycles. The van der Waals surface area contributed by atoms with E-state index < -0.39 is 23.6 Å². The number of esters is 1. The average molecular weight is 253 g/mol. The van der Waals surface area contributed by atoms with E-state index in [1.54, 1.807) is 7.05 Å². The van der Waals surface area contributed by atoms with Crippen LogP contribution in [0.4, 0.5) is 13.2 Å². The van der Waals surface area contributed by atoms with Crippen molar-refractivity contribution in [2.45, 2.75) is 43.8 Å². The highest BCUT2D eigenvalue weighted by atomic mass is 19.4. The molecule has 0 bridgehead atoms. The lowest BCUT2D eigenvalue weighted by atomic mass is 9.73. The number of methoxy groups -OCH3 is 1. The second-order valence-electron chi connectivity index (χ2n) is 4.62. The highest BCUT2D eigenvalue weighted by Gasteiger charge is 2.47. The zero-order valence-electron chi connectivity index (χ0n) is 10.1. The normalized spacial score (nSPS) is 30.1. The Morgan fingerprint density at radius 3 is 2.65 bits per heavy atom. The SMILES string of the molecule is CNC1(CC(=O)OC)CCCC(C(F)(F)F)C1. The van der Waals surface area contributed by atoms with Crippen LogP contribution >= 0.6 is 0 Å². The van der Waals surface area contributed by atoms with Crippen molar-refractivity contribution in [3.63, 3.8) is 0 Å². The minimum absolute atomic E-state index is 0.00736. The summed E-state index contributed by atoms with van der Waals surface area (Å²) in [6, 6.07) is 0. The molecule has 6 heteroatoms. The summed E-state index contributed by atoms with van der Waals surface area (Å²) >= 11 is 0. The fraction of sp³-hybridized carbons (Fsp3) is 0.909. The monoisotopic (exact) mass is 253 g/mol. The first-order chi connectivity index (χ1) is 7.83. The van der Waals surface area contributed by atoms with Gasteiger partial charge in [-0.05, 0) is 26.3 Å². The Bertz CT molecular complexity index is 280. The quantitative estimate of drug-likeness (QED) is 0.784. The molecule has 100 valence electrons. The maximum atomic E-state index is 12.7. The third-order valence-corrected chi connectivity index (χ3v) is 3.55. The molecule has 2 unspecified atom stereocenters. The molecule has 1 fully saturated rings.